The number of phosphoric acid groups is 1. The van der Waals surface area contributed by atoms with Crippen molar-refractivity contribution in [1.29, 1.82) is 0 Å². The Morgan fingerprint density at radius 3 is 2.27 bits per heavy atom. The lowest BCUT2D eigenvalue weighted by atomic mass is 10.0. The normalized spacial score (nSPS) is 16.8. The largest absolute Gasteiger partial charge is 0.527 e. The smallest absolute Gasteiger partial charge is 0.506 e. The van der Waals surface area contributed by atoms with E-state index in [1.54, 1.807) is 0 Å². The van der Waals surface area contributed by atoms with E-state index in [4.69, 9.17) is 32.1 Å². The van der Waals surface area contributed by atoms with Crippen LogP contribution < -0.4 is 54.5 Å². The van der Waals surface area contributed by atoms with Gasteiger partial charge in [0.2, 0.25) is 29.3 Å². The second-order valence-corrected chi connectivity index (χ2v) is 19.1. The number of phenols is 1. The highest BCUT2D eigenvalue weighted by Crippen LogP contribution is 2.44. The first kappa shape index (κ1) is 59.3. The van der Waals surface area contributed by atoms with E-state index in [0.29, 0.717) is 42.4 Å². The molecule has 71 heavy (non-hydrogen) atoms. The number of nitrogens with one attached hydrogen (secondary N) is 5. The predicted octanol–water partition coefficient (Wildman–Crippen LogP) is -1.41. The molecular formula is C43H70N14O13P+. The Morgan fingerprint density at radius 1 is 0.958 bits per heavy atom. The van der Waals surface area contributed by atoms with Gasteiger partial charge in [-0.1, -0.05) is 6.07 Å². The van der Waals surface area contributed by atoms with Crippen LogP contribution in [0.1, 0.15) is 57.4 Å². The summed E-state index contributed by atoms with van der Waals surface area (Å²) in [6, 6.07) is 3.53. The van der Waals surface area contributed by atoms with Crippen LogP contribution in [0.25, 0.3) is 0 Å². The molecule has 1 aliphatic heterocycles. The van der Waals surface area contributed by atoms with Crippen LogP contribution in [0.4, 0.5) is 11.4 Å². The SMILES string of the molecule is C[C@@H](O)[C@H](NN)C(=O)N[C@@H](CCCCN)C(=O)N1CCC[C@H]1C(=O)N[C@@H](CCCN=C(N)N)C(=O)C(=O)CNNC(Cc1ccc(O)c(N=Nc2ccc(OP(=O)(O)OCC[N+](C)(C)C)cc2)c1)C(=O)O. The zero-order valence-electron chi connectivity index (χ0n) is 40.4. The van der Waals surface area contributed by atoms with Crippen molar-refractivity contribution < 1.29 is 67.1 Å². The van der Waals surface area contributed by atoms with E-state index in [1.165, 1.54) is 54.3 Å². The number of nitrogens with two attached hydrogens (primary N) is 4. The lowest BCUT2D eigenvalue weighted by Crippen LogP contribution is -2.59. The van der Waals surface area contributed by atoms with Crippen molar-refractivity contribution in [2.75, 3.05) is 60.5 Å². The number of carboxylic acids is 1. The Hall–Kier alpha value is -6.00. The maximum absolute atomic E-state index is 13.9. The number of aliphatic imine (C=N–C) groups is 1. The fourth-order valence-corrected chi connectivity index (χ4v) is 7.77. The average molecular weight is 1020 g/mol. The van der Waals surface area contributed by atoms with Gasteiger partial charge in [0.25, 0.3) is 0 Å². The molecule has 0 bridgehead atoms. The Kier molecular flexibility index (Phi) is 24.0. The molecule has 27 nitrogen and oxygen atoms in total. The number of unbranched alkanes of at least 4 members (excludes halogenated alkanes) is 1. The lowest BCUT2D eigenvalue weighted by molar-refractivity contribution is -0.870. The summed E-state index contributed by atoms with van der Waals surface area (Å²) in [4.78, 5) is 95.3. The quantitative estimate of drug-likeness (QED) is 0.00461. The number of azo groups is 1. The molecule has 0 radical (unpaired) electrons. The number of benzene rings is 2. The lowest BCUT2D eigenvalue weighted by Gasteiger charge is -2.30. The molecular weight excluding hydrogens is 952 g/mol. The van der Waals surface area contributed by atoms with Gasteiger partial charge in [0, 0.05) is 13.1 Å². The highest BCUT2D eigenvalue weighted by atomic mass is 31.2. The number of aliphatic hydroxyl groups is 1. The topological polar surface area (TPSA) is 423 Å². The van der Waals surface area contributed by atoms with Crippen LogP contribution in [0.5, 0.6) is 11.5 Å². The van der Waals surface area contributed by atoms with Crippen LogP contribution in [-0.4, -0.2) is 168 Å². The number of likely N-dealkylation sites (tertiary alicyclic amines) is 1. The van der Waals surface area contributed by atoms with Crippen molar-refractivity contribution in [3.05, 3.63) is 48.0 Å². The molecule has 1 saturated heterocycles. The number of carbonyl (C=O) groups is 6. The molecule has 0 saturated carbocycles. The number of phenolic OH excluding ortho intramolecular Hbond substituents is 1. The minimum Gasteiger partial charge on any atom is -0.506 e. The minimum absolute atomic E-state index is 0.0128. The van der Waals surface area contributed by atoms with Crippen molar-refractivity contribution >= 4 is 60.4 Å². The summed E-state index contributed by atoms with van der Waals surface area (Å²) >= 11 is 0. The number of rotatable bonds is 32. The van der Waals surface area contributed by atoms with E-state index >= 15 is 0 Å². The molecule has 7 atom stereocenters. The number of hydrogen-bond donors (Lipinski definition) is 13. The van der Waals surface area contributed by atoms with Gasteiger partial charge >= 0.3 is 13.8 Å². The van der Waals surface area contributed by atoms with E-state index in [-0.39, 0.29) is 80.6 Å². The first-order valence-electron chi connectivity index (χ1n) is 22.8. The number of amides is 3. The highest BCUT2D eigenvalue weighted by Gasteiger charge is 2.40. The summed E-state index contributed by atoms with van der Waals surface area (Å²) in [5, 5.41) is 43.8. The fraction of sp³-hybridized carbons (Fsp3) is 0.558. The minimum atomic E-state index is -4.40. The number of hydrazine groups is 2. The van der Waals surface area contributed by atoms with Crippen LogP contribution >= 0.6 is 7.82 Å². The Morgan fingerprint density at radius 2 is 1.65 bits per heavy atom. The highest BCUT2D eigenvalue weighted by molar-refractivity contribution is 7.47. The summed E-state index contributed by atoms with van der Waals surface area (Å²) in [6.45, 7) is 1.61. The van der Waals surface area contributed by atoms with Gasteiger partial charge in [0.1, 0.15) is 54.5 Å². The van der Waals surface area contributed by atoms with E-state index in [1.807, 2.05) is 21.1 Å². The second kappa shape index (κ2) is 28.7. The number of likely N-dealkylation sites (N-methyl/N-ethyl adjacent to an activating group) is 1. The zero-order chi connectivity index (χ0) is 52.9. The van der Waals surface area contributed by atoms with Gasteiger partial charge in [0.05, 0.1) is 45.5 Å². The predicted molar refractivity (Wildman–Crippen MR) is 259 cm³/mol. The van der Waals surface area contributed by atoms with Crippen molar-refractivity contribution in [3.63, 3.8) is 0 Å². The van der Waals surface area contributed by atoms with Crippen molar-refractivity contribution in [2.45, 2.75) is 94.6 Å². The number of aromatic hydroxyl groups is 1. The summed E-state index contributed by atoms with van der Waals surface area (Å²) in [5.74, 6) is -0.474. The van der Waals surface area contributed by atoms with Gasteiger partial charge in [-0.15, -0.1) is 5.11 Å². The zero-order valence-corrected chi connectivity index (χ0v) is 41.3. The van der Waals surface area contributed by atoms with E-state index in [0.717, 1.165) is 0 Å². The molecule has 1 aliphatic rings. The third kappa shape index (κ3) is 20.7. The third-order valence-electron chi connectivity index (χ3n) is 10.8. The van der Waals surface area contributed by atoms with Gasteiger partial charge in [-0.3, -0.25) is 49.0 Å². The van der Waals surface area contributed by atoms with Crippen molar-refractivity contribution in [1.82, 2.24) is 31.8 Å². The number of aliphatic hydroxyl groups excluding tert-OH is 1. The number of nitrogens with zero attached hydrogens (tertiary/aromatic N) is 5. The molecule has 1 fully saturated rings. The number of quaternary nitrogens is 1. The molecule has 0 aliphatic carbocycles. The van der Waals surface area contributed by atoms with Crippen LogP contribution in [-0.2, 0) is 44.3 Å². The standard InChI is InChI=1S/C43H69N14O13P/c1-26(58)37(52-47)40(63)51-31(9-5-6-18-44)41(64)56-20-8-11-34(56)39(62)50-30(10-7-19-48-43(45)46)38(61)36(60)25-49-54-33(42(65)66)24-27-12-17-35(59)32(23-27)55-53-28-13-15-29(16-14-28)70-71(67,68)69-22-21-57(2,3)4/h12-17,23,26,30-31,33-34,37,49,52,54,58H,5-11,18-22,24-25,44,47H2,1-4H3,(H8-,45,46,48,50,51,53,59,62,63,65,66,67,68)/p+1/t26-,30+,31+,33?,34+,37+/m1/s1. The molecule has 0 aromatic heterocycles. The molecule has 3 amide bonds. The number of hydrogen-bond acceptors (Lipinski definition) is 19. The van der Waals surface area contributed by atoms with Crippen molar-refractivity contribution in [3.8, 4) is 11.5 Å². The Balaban J connectivity index is 1.67. The summed E-state index contributed by atoms with van der Waals surface area (Å²) in [7, 11) is 1.30. The van der Waals surface area contributed by atoms with Crippen LogP contribution in [0.2, 0.25) is 0 Å². The van der Waals surface area contributed by atoms with Crippen LogP contribution in [0.15, 0.2) is 57.7 Å². The van der Waals surface area contributed by atoms with Gasteiger partial charge in [-0.2, -0.15) is 5.11 Å². The second-order valence-electron chi connectivity index (χ2n) is 17.7. The molecule has 1 heterocycles. The van der Waals surface area contributed by atoms with Gasteiger partial charge < -0.3 is 57.1 Å². The van der Waals surface area contributed by atoms with Gasteiger partial charge in [0.15, 0.2) is 5.96 Å². The first-order valence-corrected chi connectivity index (χ1v) is 24.3. The molecule has 2 unspecified atom stereocenters. The molecule has 2 aromatic rings. The van der Waals surface area contributed by atoms with Crippen LogP contribution in [0, 0.1) is 0 Å². The van der Waals surface area contributed by atoms with Crippen molar-refractivity contribution in [2.24, 2.45) is 38.3 Å². The maximum Gasteiger partial charge on any atom is 0.527 e. The summed E-state index contributed by atoms with van der Waals surface area (Å²) in [5.41, 5.74) is 24.4. The Bertz CT molecular complexity index is 2220. The number of Topliss-reactive ketones (excluding diaryl/α,β-unsaturated/α-hetero) is 2. The molecule has 394 valence electrons. The van der Waals surface area contributed by atoms with Gasteiger partial charge in [-0.05, 0) is 107 Å². The number of aliphatic carboxylic acids is 1. The molecule has 2 aromatic carbocycles. The summed E-state index contributed by atoms with van der Waals surface area (Å²) < 4.78 is 23.0. The third-order valence-corrected chi connectivity index (χ3v) is 11.8. The van der Waals surface area contributed by atoms with E-state index in [9.17, 15) is 53.5 Å². The number of phosphoric ester groups is 1. The monoisotopic (exact) mass is 1020 g/mol. The molecule has 3 rings (SSSR count). The molecule has 0 spiro atoms. The Labute approximate surface area is 411 Å². The number of carbonyl (C=O) groups excluding carboxylic acids is 5. The van der Waals surface area contributed by atoms with E-state index in [2.05, 4.69) is 42.1 Å². The van der Waals surface area contributed by atoms with Crippen LogP contribution in [0.3, 0.4) is 0 Å². The van der Waals surface area contributed by atoms with Gasteiger partial charge in [-0.25, -0.2) is 20.8 Å². The number of carboxylic acid groups (broad SMARTS) is 1. The number of ketones is 2. The maximum atomic E-state index is 13.9. The van der Waals surface area contributed by atoms with E-state index < -0.39 is 85.9 Å². The molecule has 17 N–H and O–H groups in total. The first-order chi connectivity index (χ1) is 33.4. The summed E-state index contributed by atoms with van der Waals surface area (Å²) in [6.07, 6.45) is 0.410. The fourth-order valence-electron chi connectivity index (χ4n) is 7.01. The molecule has 28 heteroatoms. The average Bonchev–Trinajstić information content (AvgIpc) is 3.79. The number of guanidine groups is 1.